The standard InChI is InChI=1S/2C19H26ClN7S/c2*1-11-2-4-19(15(11)21)5-8-27(9-6-19)13-10-25-18(17(23)26-13)28-12-3-7-24-16(22)14(12)20/h2*3,7,10-11,15H,2,4-6,8-9,21H2,1H3,(H2,22,24)(H2,23,26)/t11-,15+;11-,15-/m01/s1. The molecule has 12 N–H and O–H groups in total. The van der Waals surface area contributed by atoms with E-state index in [1.807, 2.05) is 0 Å². The minimum atomic E-state index is 0.288. The molecular weight excluding hydrogens is 788 g/mol. The highest BCUT2D eigenvalue weighted by atomic mass is 35.5. The summed E-state index contributed by atoms with van der Waals surface area (Å²) in [5, 5.41) is 2.02. The Hall–Kier alpha value is -3.54. The van der Waals surface area contributed by atoms with Gasteiger partial charge in [0.1, 0.15) is 33.3 Å². The molecule has 2 aliphatic carbocycles. The zero-order valence-corrected chi connectivity index (χ0v) is 35.0. The van der Waals surface area contributed by atoms with Gasteiger partial charge in [-0.1, -0.05) is 60.6 Å². The molecule has 18 heteroatoms. The van der Waals surface area contributed by atoms with Crippen molar-refractivity contribution in [2.45, 2.75) is 97.1 Å². The summed E-state index contributed by atoms with van der Waals surface area (Å²) in [6.07, 6.45) is 16.1. The van der Waals surface area contributed by atoms with Crippen LogP contribution >= 0.6 is 46.7 Å². The van der Waals surface area contributed by atoms with Gasteiger partial charge in [-0.05, 0) is 86.2 Å². The number of piperidine rings is 2. The van der Waals surface area contributed by atoms with Crippen molar-refractivity contribution in [2.24, 2.45) is 34.1 Å². The zero-order chi connectivity index (χ0) is 39.8. The molecule has 0 unspecified atom stereocenters. The molecule has 6 heterocycles. The van der Waals surface area contributed by atoms with E-state index in [9.17, 15) is 0 Å². The molecule has 4 aromatic rings. The summed E-state index contributed by atoms with van der Waals surface area (Å²) in [7, 11) is 0. The van der Waals surface area contributed by atoms with Crippen LogP contribution in [0.1, 0.15) is 65.2 Å². The third-order valence-electron chi connectivity index (χ3n) is 12.7. The Morgan fingerprint density at radius 1 is 0.589 bits per heavy atom. The highest BCUT2D eigenvalue weighted by molar-refractivity contribution is 7.99. The maximum Gasteiger partial charge on any atom is 0.158 e. The number of aromatic nitrogens is 6. The number of nitrogen functional groups attached to an aromatic ring is 4. The van der Waals surface area contributed by atoms with Crippen molar-refractivity contribution >= 4 is 81.6 Å². The summed E-state index contributed by atoms with van der Waals surface area (Å²) in [6, 6.07) is 4.19. The second kappa shape index (κ2) is 16.7. The van der Waals surface area contributed by atoms with Crippen LogP contribution in [0.5, 0.6) is 0 Å². The van der Waals surface area contributed by atoms with Gasteiger partial charge in [0, 0.05) is 60.4 Å². The molecule has 2 saturated carbocycles. The zero-order valence-electron chi connectivity index (χ0n) is 31.9. The first kappa shape index (κ1) is 40.6. The van der Waals surface area contributed by atoms with Crippen LogP contribution in [0.3, 0.4) is 0 Å². The molecule has 2 spiro atoms. The van der Waals surface area contributed by atoms with Crippen LogP contribution < -0.4 is 44.2 Å². The summed E-state index contributed by atoms with van der Waals surface area (Å²) in [5.41, 5.74) is 37.5. The molecule has 4 aliphatic rings. The normalized spacial score (nSPS) is 24.0. The quantitative estimate of drug-likeness (QED) is 0.124. The average Bonchev–Trinajstić information content (AvgIpc) is 3.62. The Balaban J connectivity index is 0.000000172. The Labute approximate surface area is 347 Å². The minimum Gasteiger partial charge on any atom is -0.382 e. The van der Waals surface area contributed by atoms with E-state index in [-0.39, 0.29) is 11.6 Å². The number of rotatable bonds is 6. The van der Waals surface area contributed by atoms with Crippen molar-refractivity contribution in [3.05, 3.63) is 47.0 Å². The molecule has 56 heavy (non-hydrogen) atoms. The number of halogens is 2. The average molecular weight is 840 g/mol. The van der Waals surface area contributed by atoms with Gasteiger partial charge in [0.05, 0.1) is 22.4 Å². The van der Waals surface area contributed by atoms with E-state index in [0.717, 1.165) is 73.3 Å². The first-order valence-electron chi connectivity index (χ1n) is 19.2. The lowest BCUT2D eigenvalue weighted by Crippen LogP contribution is -2.48. The molecule has 2 aliphatic heterocycles. The fourth-order valence-corrected chi connectivity index (χ4v) is 11.0. The van der Waals surface area contributed by atoms with Gasteiger partial charge in [0.2, 0.25) is 0 Å². The summed E-state index contributed by atoms with van der Waals surface area (Å²) in [4.78, 5) is 32.2. The fourth-order valence-electron chi connectivity index (χ4n) is 8.93. The minimum absolute atomic E-state index is 0.288. The molecule has 0 radical (unpaired) electrons. The largest absolute Gasteiger partial charge is 0.382 e. The maximum atomic E-state index is 6.52. The van der Waals surface area contributed by atoms with Gasteiger partial charge in [-0.25, -0.2) is 29.9 Å². The van der Waals surface area contributed by atoms with E-state index in [1.165, 1.54) is 49.2 Å². The van der Waals surface area contributed by atoms with Gasteiger partial charge < -0.3 is 44.2 Å². The van der Waals surface area contributed by atoms with Crippen LogP contribution in [-0.2, 0) is 0 Å². The number of nitrogens with two attached hydrogens (primary N) is 6. The summed E-state index contributed by atoms with van der Waals surface area (Å²) in [5.74, 6) is 4.22. The topological polar surface area (TPSA) is 240 Å². The highest BCUT2D eigenvalue weighted by Crippen LogP contribution is 2.50. The molecule has 14 nitrogen and oxygen atoms in total. The predicted molar refractivity (Wildman–Crippen MR) is 229 cm³/mol. The molecule has 4 atom stereocenters. The summed E-state index contributed by atoms with van der Waals surface area (Å²) in [6.45, 7) is 8.30. The number of hydrogen-bond acceptors (Lipinski definition) is 16. The monoisotopic (exact) mass is 838 g/mol. The summed E-state index contributed by atoms with van der Waals surface area (Å²) < 4.78 is 0. The first-order valence-corrected chi connectivity index (χ1v) is 21.6. The van der Waals surface area contributed by atoms with Crippen LogP contribution in [0.4, 0.5) is 34.9 Å². The van der Waals surface area contributed by atoms with Gasteiger partial charge in [-0.15, -0.1) is 0 Å². The van der Waals surface area contributed by atoms with Gasteiger partial charge >= 0.3 is 0 Å². The van der Waals surface area contributed by atoms with Crippen molar-refractivity contribution in [1.29, 1.82) is 0 Å². The highest BCUT2D eigenvalue weighted by Gasteiger charge is 2.47. The molecule has 4 aromatic heterocycles. The molecular formula is C38H52Cl2N14S2. The SMILES string of the molecule is C[C@@H]1CCC2(CCN(c3cnc(Sc4ccnc(N)c4Cl)c(N)n3)CC2)[C@@H]1N.C[C@H]1CCC2(CCN(c3cnc(Sc4ccnc(N)c4Cl)c(N)n3)CC2)[C@@H]1N. The van der Waals surface area contributed by atoms with Gasteiger partial charge in [0.15, 0.2) is 11.6 Å². The smallest absolute Gasteiger partial charge is 0.158 e. The van der Waals surface area contributed by atoms with Crippen LogP contribution in [0.25, 0.3) is 0 Å². The number of nitrogens with zero attached hydrogens (tertiary/aromatic N) is 8. The van der Waals surface area contributed by atoms with E-state index in [2.05, 4.69) is 53.6 Å². The molecule has 0 aromatic carbocycles. The van der Waals surface area contributed by atoms with Crippen molar-refractivity contribution in [2.75, 3.05) is 58.9 Å². The van der Waals surface area contributed by atoms with Gasteiger partial charge in [0.25, 0.3) is 0 Å². The third-order valence-corrected chi connectivity index (χ3v) is 15.8. The molecule has 0 bridgehead atoms. The van der Waals surface area contributed by atoms with Crippen molar-refractivity contribution < 1.29 is 0 Å². The van der Waals surface area contributed by atoms with E-state index in [4.69, 9.17) is 57.6 Å². The van der Waals surface area contributed by atoms with Crippen LogP contribution in [0, 0.1) is 22.7 Å². The summed E-state index contributed by atoms with van der Waals surface area (Å²) >= 11 is 15.1. The molecule has 300 valence electrons. The first-order chi connectivity index (χ1) is 26.8. The van der Waals surface area contributed by atoms with Crippen LogP contribution in [0.2, 0.25) is 10.0 Å². The number of hydrogen-bond donors (Lipinski definition) is 6. The Kier molecular flexibility index (Phi) is 12.2. The lowest BCUT2D eigenvalue weighted by Gasteiger charge is -2.43. The van der Waals surface area contributed by atoms with Crippen LogP contribution in [0.15, 0.2) is 56.8 Å². The molecule has 2 saturated heterocycles. The van der Waals surface area contributed by atoms with Gasteiger partial charge in [-0.2, -0.15) is 0 Å². The number of pyridine rings is 2. The Bertz CT molecular complexity index is 1880. The van der Waals surface area contributed by atoms with E-state index >= 15 is 0 Å². The Morgan fingerprint density at radius 3 is 1.29 bits per heavy atom. The second-order valence-electron chi connectivity index (χ2n) is 15.8. The van der Waals surface area contributed by atoms with E-state index < -0.39 is 0 Å². The number of anilines is 6. The maximum absolute atomic E-state index is 6.52. The van der Waals surface area contributed by atoms with E-state index in [1.54, 1.807) is 36.9 Å². The van der Waals surface area contributed by atoms with E-state index in [0.29, 0.717) is 66.5 Å². The molecule has 8 rings (SSSR count). The molecule has 0 amide bonds. The lowest BCUT2D eigenvalue weighted by atomic mass is 9.73. The Morgan fingerprint density at radius 2 is 0.964 bits per heavy atom. The second-order valence-corrected chi connectivity index (χ2v) is 18.7. The van der Waals surface area contributed by atoms with Crippen molar-refractivity contribution in [1.82, 2.24) is 29.9 Å². The lowest BCUT2D eigenvalue weighted by molar-refractivity contribution is 0.186. The molecule has 4 fully saturated rings. The van der Waals surface area contributed by atoms with Crippen molar-refractivity contribution in [3.8, 4) is 0 Å². The third kappa shape index (κ3) is 8.23. The predicted octanol–water partition coefficient (Wildman–Crippen LogP) is 6.37. The van der Waals surface area contributed by atoms with Gasteiger partial charge in [-0.3, -0.25) is 0 Å². The van der Waals surface area contributed by atoms with Crippen molar-refractivity contribution in [3.63, 3.8) is 0 Å². The fraction of sp³-hybridized carbons (Fsp3) is 0.526. The van der Waals surface area contributed by atoms with Crippen LogP contribution in [-0.4, -0.2) is 68.2 Å².